The number of rotatable bonds is 7. The molecular weight excluding hydrogens is 429 g/mol. The topological polar surface area (TPSA) is 61.8 Å². The van der Waals surface area contributed by atoms with E-state index in [1.807, 2.05) is 18.3 Å². The Morgan fingerprint density at radius 1 is 1.32 bits per heavy atom. The molecule has 0 aromatic carbocycles. The molecule has 2 rings (SSSR count). The van der Waals surface area contributed by atoms with Crippen LogP contribution in [0.5, 0.6) is 5.88 Å². The summed E-state index contributed by atoms with van der Waals surface area (Å²) in [5.74, 6) is 1.52. The van der Waals surface area contributed by atoms with Crippen LogP contribution in [0.2, 0.25) is 0 Å². The molecule has 7 heteroatoms. The van der Waals surface area contributed by atoms with Gasteiger partial charge in [0.1, 0.15) is 0 Å². The summed E-state index contributed by atoms with van der Waals surface area (Å²) < 4.78 is 5.08. The van der Waals surface area contributed by atoms with Crippen molar-refractivity contribution in [1.29, 1.82) is 0 Å². The Morgan fingerprint density at radius 2 is 2.08 bits per heavy atom. The fraction of sp³-hybridized carbons (Fsp3) is 0.667. The summed E-state index contributed by atoms with van der Waals surface area (Å²) in [5, 5.41) is 6.92. The van der Waals surface area contributed by atoms with Crippen molar-refractivity contribution >= 4 is 29.9 Å². The largest absolute Gasteiger partial charge is 0.481 e. The van der Waals surface area contributed by atoms with Crippen LogP contribution in [-0.4, -0.2) is 55.2 Å². The number of piperidine rings is 1. The number of hydrogen-bond donors (Lipinski definition) is 2. The van der Waals surface area contributed by atoms with E-state index >= 15 is 0 Å². The van der Waals surface area contributed by atoms with Gasteiger partial charge < -0.3 is 20.3 Å². The second kappa shape index (κ2) is 12.3. The lowest BCUT2D eigenvalue weighted by Gasteiger charge is -2.32. The number of halogens is 1. The molecule has 0 spiro atoms. The zero-order valence-electron chi connectivity index (χ0n) is 15.6. The van der Waals surface area contributed by atoms with Gasteiger partial charge in [-0.25, -0.2) is 9.98 Å². The Bertz CT molecular complexity index is 501. The summed E-state index contributed by atoms with van der Waals surface area (Å²) >= 11 is 0. The smallest absolute Gasteiger partial charge is 0.212 e. The Kier molecular flexibility index (Phi) is 10.8. The van der Waals surface area contributed by atoms with E-state index in [-0.39, 0.29) is 24.0 Å². The average Bonchev–Trinajstić information content (AvgIpc) is 2.62. The number of ether oxygens (including phenoxy) is 1. The van der Waals surface area contributed by atoms with Crippen LogP contribution in [0.1, 0.15) is 38.7 Å². The molecule has 1 aliphatic rings. The molecule has 1 fully saturated rings. The molecule has 0 saturated carbocycles. The minimum Gasteiger partial charge on any atom is -0.481 e. The molecule has 1 aromatic heterocycles. The van der Waals surface area contributed by atoms with Gasteiger partial charge in [-0.1, -0.05) is 13.0 Å². The molecule has 6 nitrogen and oxygen atoms in total. The molecule has 0 unspecified atom stereocenters. The van der Waals surface area contributed by atoms with Crippen LogP contribution in [0, 0.1) is 0 Å². The third kappa shape index (κ3) is 7.77. The molecule has 0 atom stereocenters. The van der Waals surface area contributed by atoms with Gasteiger partial charge in [0.05, 0.1) is 13.7 Å². The van der Waals surface area contributed by atoms with Crippen molar-refractivity contribution in [3.63, 3.8) is 0 Å². The summed E-state index contributed by atoms with van der Waals surface area (Å²) in [5.41, 5.74) is 1.07. The van der Waals surface area contributed by atoms with E-state index in [1.54, 1.807) is 7.11 Å². The molecule has 142 valence electrons. The molecule has 1 aromatic rings. The first-order valence-corrected chi connectivity index (χ1v) is 9.01. The van der Waals surface area contributed by atoms with Crippen LogP contribution in [0.4, 0.5) is 0 Å². The highest BCUT2D eigenvalue weighted by atomic mass is 127. The van der Waals surface area contributed by atoms with Gasteiger partial charge >= 0.3 is 0 Å². The molecule has 2 N–H and O–H groups in total. The first-order chi connectivity index (χ1) is 11.7. The maximum absolute atomic E-state index is 5.08. The Hall–Kier alpha value is -1.09. The van der Waals surface area contributed by atoms with E-state index in [0.717, 1.165) is 18.1 Å². The number of hydrogen-bond acceptors (Lipinski definition) is 4. The molecule has 1 aliphatic heterocycles. The summed E-state index contributed by atoms with van der Waals surface area (Å²) in [6.45, 7) is 9.37. The molecule has 0 bridgehead atoms. The van der Waals surface area contributed by atoms with Crippen LogP contribution in [0.3, 0.4) is 0 Å². The van der Waals surface area contributed by atoms with Crippen LogP contribution < -0.4 is 15.4 Å². The van der Waals surface area contributed by atoms with Gasteiger partial charge in [0.2, 0.25) is 5.88 Å². The Morgan fingerprint density at radius 3 is 2.64 bits per heavy atom. The predicted molar refractivity (Wildman–Crippen MR) is 114 cm³/mol. The maximum atomic E-state index is 5.08. The second-order valence-corrected chi connectivity index (χ2v) is 6.16. The molecular formula is C18H32IN5O. The van der Waals surface area contributed by atoms with E-state index in [4.69, 9.17) is 4.74 Å². The van der Waals surface area contributed by atoms with Gasteiger partial charge in [-0.15, -0.1) is 24.0 Å². The number of nitrogens with zero attached hydrogens (tertiary/aromatic N) is 3. The zero-order valence-corrected chi connectivity index (χ0v) is 18.0. The first-order valence-electron chi connectivity index (χ1n) is 9.01. The van der Waals surface area contributed by atoms with Gasteiger partial charge in [-0.3, -0.25) is 0 Å². The highest BCUT2D eigenvalue weighted by Gasteiger charge is 2.19. The number of guanidine groups is 1. The van der Waals surface area contributed by atoms with E-state index in [9.17, 15) is 0 Å². The number of aliphatic imine (C=N–C) groups is 1. The summed E-state index contributed by atoms with van der Waals surface area (Å²) in [7, 11) is 1.62. The second-order valence-electron chi connectivity index (χ2n) is 6.16. The molecule has 25 heavy (non-hydrogen) atoms. The molecule has 0 aliphatic carbocycles. The lowest BCUT2D eigenvalue weighted by atomic mass is 10.1. The van der Waals surface area contributed by atoms with Gasteiger partial charge in [0, 0.05) is 37.9 Å². The quantitative estimate of drug-likeness (QED) is 0.372. The fourth-order valence-corrected chi connectivity index (χ4v) is 2.93. The van der Waals surface area contributed by atoms with Crippen molar-refractivity contribution in [3.05, 3.63) is 23.9 Å². The molecule has 2 heterocycles. The molecule has 0 amide bonds. The van der Waals surface area contributed by atoms with Crippen molar-refractivity contribution in [2.45, 2.75) is 45.7 Å². The van der Waals surface area contributed by atoms with E-state index < -0.39 is 0 Å². The average molecular weight is 461 g/mol. The molecule has 1 saturated heterocycles. The zero-order chi connectivity index (χ0) is 17.2. The monoisotopic (exact) mass is 461 g/mol. The Balaban J connectivity index is 0.00000312. The third-order valence-corrected chi connectivity index (χ3v) is 4.24. The number of methoxy groups -OCH3 is 1. The van der Waals surface area contributed by atoms with E-state index in [1.165, 1.54) is 38.9 Å². The fourth-order valence-electron chi connectivity index (χ4n) is 2.93. The van der Waals surface area contributed by atoms with E-state index in [0.29, 0.717) is 18.5 Å². The highest BCUT2D eigenvalue weighted by Crippen LogP contribution is 2.11. The van der Waals surface area contributed by atoms with Crippen LogP contribution in [-0.2, 0) is 6.54 Å². The lowest BCUT2D eigenvalue weighted by Crippen LogP contribution is -2.48. The van der Waals surface area contributed by atoms with Crippen molar-refractivity contribution in [2.75, 3.05) is 33.3 Å². The highest BCUT2D eigenvalue weighted by molar-refractivity contribution is 14.0. The standard InChI is InChI=1S/C18H31N5O.HI/c1-4-10-23-11-8-16(9-12-23)22-18(19-5-2)21-14-15-6-7-17(24-3)20-13-15;/h6-7,13,16H,4-5,8-12,14H2,1-3H3,(H2,19,21,22);1H. The van der Waals surface area contributed by atoms with Crippen molar-refractivity contribution in [3.8, 4) is 5.88 Å². The van der Waals surface area contributed by atoms with Gasteiger partial charge in [0.15, 0.2) is 5.96 Å². The van der Waals surface area contributed by atoms with Crippen molar-refractivity contribution < 1.29 is 4.74 Å². The predicted octanol–water partition coefficient (Wildman–Crippen LogP) is 2.64. The number of pyridine rings is 1. The van der Waals surface area contributed by atoms with Gasteiger partial charge in [-0.05, 0) is 38.3 Å². The van der Waals surface area contributed by atoms with Crippen LogP contribution in [0.15, 0.2) is 23.3 Å². The summed E-state index contributed by atoms with van der Waals surface area (Å²) in [6.07, 6.45) is 5.40. The third-order valence-electron chi connectivity index (χ3n) is 4.24. The summed E-state index contributed by atoms with van der Waals surface area (Å²) in [4.78, 5) is 11.5. The first kappa shape index (κ1) is 22.0. The van der Waals surface area contributed by atoms with Crippen LogP contribution in [0.25, 0.3) is 0 Å². The minimum atomic E-state index is 0. The Labute approximate surface area is 168 Å². The molecule has 0 radical (unpaired) electrons. The van der Waals surface area contributed by atoms with Crippen molar-refractivity contribution in [1.82, 2.24) is 20.5 Å². The number of aromatic nitrogens is 1. The van der Waals surface area contributed by atoms with E-state index in [2.05, 4.69) is 39.4 Å². The number of nitrogens with one attached hydrogen (secondary N) is 2. The summed E-state index contributed by atoms with van der Waals surface area (Å²) in [6, 6.07) is 4.38. The van der Waals surface area contributed by atoms with Crippen molar-refractivity contribution in [2.24, 2.45) is 4.99 Å². The van der Waals surface area contributed by atoms with Gasteiger partial charge in [-0.2, -0.15) is 0 Å². The van der Waals surface area contributed by atoms with Gasteiger partial charge in [0.25, 0.3) is 0 Å². The normalized spacial score (nSPS) is 16.2. The minimum absolute atomic E-state index is 0. The van der Waals surface area contributed by atoms with Crippen LogP contribution >= 0.6 is 24.0 Å². The maximum Gasteiger partial charge on any atom is 0.212 e. The number of likely N-dealkylation sites (tertiary alicyclic amines) is 1. The lowest BCUT2D eigenvalue weighted by molar-refractivity contribution is 0.206. The SMILES string of the molecule is CCCN1CCC(NC(=NCc2ccc(OC)nc2)NCC)CC1.I.